The van der Waals surface area contributed by atoms with Crippen molar-refractivity contribution in [2.24, 2.45) is 0 Å². The fourth-order valence-electron chi connectivity index (χ4n) is 13.7. The molecule has 16 aromatic rings. The summed E-state index contributed by atoms with van der Waals surface area (Å²) in [5.41, 5.74) is 21.3. The van der Waals surface area contributed by atoms with Crippen LogP contribution in [0.2, 0.25) is 0 Å². The quantitative estimate of drug-likeness (QED) is 0.126. The van der Waals surface area contributed by atoms with E-state index in [-0.39, 0.29) is 0 Å². The lowest BCUT2D eigenvalue weighted by Gasteiger charge is -2.33. The van der Waals surface area contributed by atoms with Crippen LogP contribution in [-0.4, -0.2) is 0 Å². The van der Waals surface area contributed by atoms with Crippen LogP contribution in [0.5, 0.6) is 0 Å². The molecule has 14 aromatic carbocycles. The first-order valence-corrected chi connectivity index (χ1v) is 30.6. The van der Waals surface area contributed by atoms with Gasteiger partial charge in [0.25, 0.3) is 0 Å². The molecule has 398 valence electrons. The van der Waals surface area contributed by atoms with Crippen molar-refractivity contribution in [1.29, 1.82) is 0 Å². The van der Waals surface area contributed by atoms with Crippen LogP contribution in [0.3, 0.4) is 0 Å². The van der Waals surface area contributed by atoms with Crippen LogP contribution in [0.4, 0.5) is 34.1 Å². The molecule has 0 saturated heterocycles. The van der Waals surface area contributed by atoms with Gasteiger partial charge in [-0.3, -0.25) is 0 Å². The molecular weight excluding hydrogens is 1050 g/mol. The Balaban J connectivity index is 1.00. The molecule has 0 fully saturated rings. The van der Waals surface area contributed by atoms with Crippen molar-refractivity contribution in [3.05, 3.63) is 289 Å². The molecule has 0 radical (unpaired) electrons. The SMILES string of the molecule is Cc1cccc(C)c1N(c1cccc(-c2cccc3c2sc2ccccc23)c1)c1cc(-c2ccccc2)c2ccc3c(N(c4cccc(-c5cccc6c5sc5ccccc56)c4)c4c(C)cccc4C)cc(-c4ccccc4)c4ccc1c2c43. The summed E-state index contributed by atoms with van der Waals surface area (Å²) < 4.78 is 5.23. The maximum atomic E-state index is 2.57. The molecule has 0 aliphatic heterocycles. The van der Waals surface area contributed by atoms with Crippen LogP contribution < -0.4 is 9.80 Å². The Kier molecular flexibility index (Phi) is 11.9. The number of hydrogen-bond donors (Lipinski definition) is 0. The zero-order chi connectivity index (χ0) is 56.2. The van der Waals surface area contributed by atoms with Gasteiger partial charge in [-0.2, -0.15) is 0 Å². The summed E-state index contributed by atoms with van der Waals surface area (Å²) in [5.74, 6) is 0. The number of hydrogen-bond acceptors (Lipinski definition) is 4. The Morgan fingerprint density at radius 1 is 0.250 bits per heavy atom. The molecule has 2 heterocycles. The van der Waals surface area contributed by atoms with E-state index in [0.29, 0.717) is 0 Å². The number of thiophene rings is 2. The van der Waals surface area contributed by atoms with E-state index in [9.17, 15) is 0 Å². The van der Waals surface area contributed by atoms with Crippen molar-refractivity contribution in [2.75, 3.05) is 9.80 Å². The number of anilines is 6. The predicted molar refractivity (Wildman–Crippen MR) is 366 cm³/mol. The summed E-state index contributed by atoms with van der Waals surface area (Å²) in [6.45, 7) is 9.07. The van der Waals surface area contributed by atoms with Crippen molar-refractivity contribution in [1.82, 2.24) is 0 Å². The van der Waals surface area contributed by atoms with Crippen LogP contribution in [0.1, 0.15) is 22.3 Å². The number of benzene rings is 14. The predicted octanol–water partition coefficient (Wildman–Crippen LogP) is 24.2. The number of nitrogens with zero attached hydrogens (tertiary/aromatic N) is 2. The third-order valence-electron chi connectivity index (χ3n) is 17.5. The van der Waals surface area contributed by atoms with Crippen LogP contribution in [-0.2, 0) is 0 Å². The maximum absolute atomic E-state index is 2.57. The van der Waals surface area contributed by atoms with Crippen molar-refractivity contribution < 1.29 is 0 Å². The minimum Gasteiger partial charge on any atom is -0.309 e. The third-order valence-corrected chi connectivity index (χ3v) is 19.9. The zero-order valence-electron chi connectivity index (χ0n) is 47.1. The number of para-hydroxylation sites is 2. The fourth-order valence-corrected chi connectivity index (χ4v) is 16.2. The van der Waals surface area contributed by atoms with E-state index in [2.05, 4.69) is 304 Å². The second-order valence-corrected chi connectivity index (χ2v) is 24.6. The normalized spacial score (nSPS) is 11.8. The van der Waals surface area contributed by atoms with E-state index in [1.807, 2.05) is 22.7 Å². The molecule has 0 N–H and O–H groups in total. The largest absolute Gasteiger partial charge is 0.309 e. The Morgan fingerprint density at radius 3 is 1.02 bits per heavy atom. The number of rotatable bonds is 10. The second kappa shape index (κ2) is 20.0. The molecule has 0 bridgehead atoms. The molecule has 0 saturated carbocycles. The maximum Gasteiger partial charge on any atom is 0.0547 e. The van der Waals surface area contributed by atoms with E-state index >= 15 is 0 Å². The van der Waals surface area contributed by atoms with Gasteiger partial charge in [-0.1, -0.05) is 218 Å². The Labute approximate surface area is 497 Å². The molecule has 2 nitrogen and oxygen atoms in total. The van der Waals surface area contributed by atoms with Crippen LogP contribution >= 0.6 is 22.7 Å². The Bertz CT molecular complexity index is 4890. The molecule has 4 heteroatoms. The van der Waals surface area contributed by atoms with Crippen molar-refractivity contribution >= 4 is 129 Å². The van der Waals surface area contributed by atoms with E-state index in [0.717, 1.165) is 22.7 Å². The molecule has 84 heavy (non-hydrogen) atoms. The van der Waals surface area contributed by atoms with E-state index in [1.54, 1.807) is 0 Å². The van der Waals surface area contributed by atoms with Crippen LogP contribution in [0, 0.1) is 27.7 Å². The summed E-state index contributed by atoms with van der Waals surface area (Å²) in [4.78, 5) is 5.14. The van der Waals surface area contributed by atoms with E-state index < -0.39 is 0 Å². The van der Waals surface area contributed by atoms with Gasteiger partial charge in [-0.15, -0.1) is 22.7 Å². The topological polar surface area (TPSA) is 6.48 Å². The van der Waals surface area contributed by atoms with Gasteiger partial charge in [-0.25, -0.2) is 0 Å². The van der Waals surface area contributed by atoms with E-state index in [1.165, 1.54) is 151 Å². The summed E-state index contributed by atoms with van der Waals surface area (Å²) in [5, 5.41) is 12.5. The minimum atomic E-state index is 1.11. The van der Waals surface area contributed by atoms with Gasteiger partial charge in [0.05, 0.1) is 22.7 Å². The van der Waals surface area contributed by atoms with Crippen LogP contribution in [0.15, 0.2) is 267 Å². The van der Waals surface area contributed by atoms with Gasteiger partial charge in [0, 0.05) is 73.3 Å². The van der Waals surface area contributed by atoms with Crippen molar-refractivity contribution in [2.45, 2.75) is 27.7 Å². The van der Waals surface area contributed by atoms with Gasteiger partial charge in [0.2, 0.25) is 0 Å². The highest BCUT2D eigenvalue weighted by molar-refractivity contribution is 7.26. The average Bonchev–Trinajstić information content (AvgIpc) is 1.30. The fraction of sp³-hybridized carbons (Fsp3) is 0.0500. The Morgan fingerprint density at radius 2 is 0.595 bits per heavy atom. The van der Waals surface area contributed by atoms with Crippen LogP contribution in [0.25, 0.3) is 117 Å². The minimum absolute atomic E-state index is 1.11. The van der Waals surface area contributed by atoms with Gasteiger partial charge >= 0.3 is 0 Å². The number of fused-ring (bicyclic) bond motifs is 6. The third kappa shape index (κ3) is 7.97. The lowest BCUT2D eigenvalue weighted by atomic mass is 9.85. The molecule has 0 unspecified atom stereocenters. The summed E-state index contributed by atoms with van der Waals surface area (Å²) in [6.07, 6.45) is 0. The first-order chi connectivity index (χ1) is 41.3. The first-order valence-electron chi connectivity index (χ1n) is 29.0. The summed E-state index contributed by atoms with van der Waals surface area (Å²) in [7, 11) is 0. The van der Waals surface area contributed by atoms with Gasteiger partial charge in [-0.05, 0) is 154 Å². The standard InChI is InChI=1S/C80H56N2S2/c1-49-21-15-22-50(2)77(49)81(57-31-17-29-55(45-57)59-35-19-37-65-61-33-11-13-39-73(61)83-79(59)65)71-47-69(53-25-7-5-8-26-53)63-42-44-68-72(48-70(54-27-9-6-10-28-54)64-41-43-67(71)75(63)76(64)68)82(78-51(3)23-16-24-52(78)4)58-32-18-30-56(46-58)60-36-20-38-66-62-34-12-14-40-74(62)84-80(60)66/h5-48H,1-4H3. The summed E-state index contributed by atoms with van der Waals surface area (Å²) >= 11 is 3.77. The zero-order valence-corrected chi connectivity index (χ0v) is 48.7. The Hall–Kier alpha value is -9.84. The molecule has 0 atom stereocenters. The van der Waals surface area contributed by atoms with Gasteiger partial charge in [0.15, 0.2) is 0 Å². The monoisotopic (exact) mass is 1110 g/mol. The number of aryl methyl sites for hydroxylation is 4. The smallest absolute Gasteiger partial charge is 0.0547 e. The molecular formula is C80H56N2S2. The lowest BCUT2D eigenvalue weighted by Crippen LogP contribution is -2.15. The summed E-state index contributed by atoms with van der Waals surface area (Å²) in [6, 6.07) is 100.0. The van der Waals surface area contributed by atoms with Crippen molar-refractivity contribution in [3.8, 4) is 44.5 Å². The van der Waals surface area contributed by atoms with Gasteiger partial charge < -0.3 is 9.80 Å². The molecule has 0 aliphatic rings. The molecule has 0 amide bonds. The van der Waals surface area contributed by atoms with E-state index in [4.69, 9.17) is 0 Å². The average molecular weight is 1110 g/mol. The first kappa shape index (κ1) is 49.9. The highest BCUT2D eigenvalue weighted by Crippen LogP contribution is 2.54. The molecule has 0 spiro atoms. The molecule has 2 aromatic heterocycles. The highest BCUT2D eigenvalue weighted by atomic mass is 32.1. The second-order valence-electron chi connectivity index (χ2n) is 22.5. The molecule has 16 rings (SSSR count). The van der Waals surface area contributed by atoms with Gasteiger partial charge in [0.1, 0.15) is 0 Å². The van der Waals surface area contributed by atoms with Crippen molar-refractivity contribution in [3.63, 3.8) is 0 Å². The highest BCUT2D eigenvalue weighted by Gasteiger charge is 2.28. The molecule has 0 aliphatic carbocycles. The lowest BCUT2D eigenvalue weighted by molar-refractivity contribution is 1.23.